The lowest BCUT2D eigenvalue weighted by Crippen LogP contribution is -2.18. The predicted molar refractivity (Wildman–Crippen MR) is 91.6 cm³/mol. The molecule has 0 saturated carbocycles. The first-order valence-electron chi connectivity index (χ1n) is 8.02. The number of ether oxygens (including phenoxy) is 2. The summed E-state index contributed by atoms with van der Waals surface area (Å²) in [6.45, 7) is 5.98. The minimum atomic E-state index is -0.770. The fourth-order valence-corrected chi connectivity index (χ4v) is 2.58. The molecule has 0 atom stereocenters. The highest BCUT2D eigenvalue weighted by Crippen LogP contribution is 2.20. The van der Waals surface area contributed by atoms with E-state index < -0.39 is 24.3 Å². The highest BCUT2D eigenvalue weighted by atomic mass is 16.5. The summed E-state index contributed by atoms with van der Waals surface area (Å²) in [4.78, 5) is 53.4. The van der Waals surface area contributed by atoms with Crippen LogP contribution < -0.4 is 0 Å². The maximum absolute atomic E-state index is 12.5. The van der Waals surface area contributed by atoms with Gasteiger partial charge in [0.05, 0.1) is 17.7 Å². The fourth-order valence-electron chi connectivity index (χ4n) is 2.58. The van der Waals surface area contributed by atoms with Crippen LogP contribution in [0.15, 0.2) is 12.3 Å². The van der Waals surface area contributed by atoms with Crippen molar-refractivity contribution in [3.05, 3.63) is 46.0 Å². The molecule has 8 heteroatoms. The van der Waals surface area contributed by atoms with E-state index >= 15 is 0 Å². The van der Waals surface area contributed by atoms with Crippen LogP contribution in [-0.2, 0) is 9.47 Å². The van der Waals surface area contributed by atoms with Crippen molar-refractivity contribution in [2.75, 3.05) is 13.2 Å². The quantitative estimate of drug-likeness (QED) is 0.578. The number of carbonyl (C=O) groups excluding carboxylic acids is 4. The van der Waals surface area contributed by atoms with E-state index in [1.165, 1.54) is 19.2 Å². The van der Waals surface area contributed by atoms with Crippen molar-refractivity contribution in [3.63, 3.8) is 0 Å². The molecule has 8 nitrogen and oxygen atoms in total. The number of esters is 2. The van der Waals surface area contributed by atoms with Crippen molar-refractivity contribution in [2.24, 2.45) is 0 Å². The van der Waals surface area contributed by atoms with Crippen LogP contribution in [0.5, 0.6) is 0 Å². The smallest absolute Gasteiger partial charge is 0.355 e. The maximum atomic E-state index is 12.5. The zero-order valence-corrected chi connectivity index (χ0v) is 15.0. The van der Waals surface area contributed by atoms with E-state index in [2.05, 4.69) is 9.97 Å². The first-order chi connectivity index (χ1) is 12.3. The highest BCUT2D eigenvalue weighted by molar-refractivity contribution is 6.09. The number of ketones is 2. The van der Waals surface area contributed by atoms with E-state index in [0.717, 1.165) is 0 Å². The zero-order valence-electron chi connectivity index (χ0n) is 15.0. The van der Waals surface area contributed by atoms with Crippen LogP contribution in [0.3, 0.4) is 0 Å². The Labute approximate surface area is 149 Å². The number of aromatic amines is 2. The molecular weight excluding hydrogens is 340 g/mol. The number of Topliss-reactive ketones (excluding diaryl/α,β-unsaturated/α-hetero) is 2. The number of H-pyrrole nitrogens is 2. The van der Waals surface area contributed by atoms with E-state index in [-0.39, 0.29) is 29.2 Å². The SMILES string of the molecule is CCOC(=O)c1c(C)[nH]c(C)c1C(=O)COC(=O)c1cc(C(C)=O)c[nH]1. The van der Waals surface area contributed by atoms with Gasteiger partial charge in [0.2, 0.25) is 5.78 Å². The summed E-state index contributed by atoms with van der Waals surface area (Å²) >= 11 is 0. The average Bonchev–Trinajstić information content (AvgIpc) is 3.17. The number of nitrogens with one attached hydrogen (secondary N) is 2. The molecule has 0 spiro atoms. The van der Waals surface area contributed by atoms with Crippen LogP contribution in [0.4, 0.5) is 0 Å². The molecule has 0 bridgehead atoms. The van der Waals surface area contributed by atoms with Gasteiger partial charge >= 0.3 is 11.9 Å². The molecule has 0 unspecified atom stereocenters. The van der Waals surface area contributed by atoms with Crippen molar-refractivity contribution in [3.8, 4) is 0 Å². The first kappa shape index (κ1) is 19.2. The summed E-state index contributed by atoms with van der Waals surface area (Å²) in [7, 11) is 0. The minimum Gasteiger partial charge on any atom is -0.462 e. The summed E-state index contributed by atoms with van der Waals surface area (Å²) in [5, 5.41) is 0. The number of aryl methyl sites for hydroxylation is 2. The van der Waals surface area contributed by atoms with Gasteiger partial charge in [-0.25, -0.2) is 9.59 Å². The lowest BCUT2D eigenvalue weighted by Gasteiger charge is -2.06. The van der Waals surface area contributed by atoms with Gasteiger partial charge in [-0.3, -0.25) is 9.59 Å². The summed E-state index contributed by atoms with van der Waals surface area (Å²) in [6.07, 6.45) is 1.39. The lowest BCUT2D eigenvalue weighted by atomic mass is 10.1. The monoisotopic (exact) mass is 360 g/mol. The molecule has 2 aromatic rings. The Kier molecular flexibility index (Phi) is 5.76. The second-order valence-corrected chi connectivity index (χ2v) is 5.70. The molecule has 0 aliphatic carbocycles. The van der Waals surface area contributed by atoms with Crippen molar-refractivity contribution in [1.29, 1.82) is 0 Å². The summed E-state index contributed by atoms with van der Waals surface area (Å²) in [6, 6.07) is 1.35. The molecule has 0 radical (unpaired) electrons. The van der Waals surface area contributed by atoms with Gasteiger partial charge in [0.25, 0.3) is 0 Å². The molecule has 0 fully saturated rings. The Balaban J connectivity index is 2.13. The third-order valence-electron chi connectivity index (χ3n) is 3.78. The zero-order chi connectivity index (χ0) is 19.4. The standard InChI is InChI=1S/C18H20N2O6/c1-5-25-18(24)16-10(3)20-9(2)15(16)14(22)8-26-17(23)13-6-12(7-19-13)11(4)21/h6-7,19-20H,5,8H2,1-4H3. The summed E-state index contributed by atoms with van der Waals surface area (Å²) < 4.78 is 9.98. The second-order valence-electron chi connectivity index (χ2n) is 5.70. The average molecular weight is 360 g/mol. The number of carbonyl (C=O) groups is 4. The van der Waals surface area contributed by atoms with Gasteiger partial charge in [-0.15, -0.1) is 0 Å². The van der Waals surface area contributed by atoms with Crippen LogP contribution in [0.25, 0.3) is 0 Å². The molecule has 2 N–H and O–H groups in total. The number of hydrogen-bond acceptors (Lipinski definition) is 6. The van der Waals surface area contributed by atoms with Gasteiger partial charge in [0, 0.05) is 23.1 Å². The van der Waals surface area contributed by atoms with Gasteiger partial charge in [0.1, 0.15) is 5.69 Å². The lowest BCUT2D eigenvalue weighted by molar-refractivity contribution is 0.0467. The van der Waals surface area contributed by atoms with Crippen LogP contribution in [-0.4, -0.2) is 46.7 Å². The van der Waals surface area contributed by atoms with Gasteiger partial charge < -0.3 is 19.4 Å². The summed E-state index contributed by atoms with van der Waals surface area (Å²) in [5.41, 5.74) is 1.69. The molecule has 2 rings (SSSR count). The predicted octanol–water partition coefficient (Wildman–Crippen LogP) is 2.38. The molecule has 26 heavy (non-hydrogen) atoms. The molecule has 0 saturated heterocycles. The number of hydrogen-bond donors (Lipinski definition) is 2. The molecular formula is C18H20N2O6. The van der Waals surface area contributed by atoms with Crippen LogP contribution in [0.2, 0.25) is 0 Å². The van der Waals surface area contributed by atoms with Gasteiger partial charge in [-0.1, -0.05) is 0 Å². The van der Waals surface area contributed by atoms with Crippen LogP contribution in [0, 0.1) is 13.8 Å². The molecule has 0 aromatic carbocycles. The van der Waals surface area contributed by atoms with Gasteiger partial charge in [-0.2, -0.15) is 0 Å². The van der Waals surface area contributed by atoms with Crippen molar-refractivity contribution in [2.45, 2.75) is 27.7 Å². The van der Waals surface area contributed by atoms with E-state index in [9.17, 15) is 19.2 Å². The van der Waals surface area contributed by atoms with E-state index in [0.29, 0.717) is 17.0 Å². The van der Waals surface area contributed by atoms with Gasteiger partial charge in [0.15, 0.2) is 12.4 Å². The second kappa shape index (κ2) is 7.81. The van der Waals surface area contributed by atoms with E-state index in [1.54, 1.807) is 20.8 Å². The minimum absolute atomic E-state index is 0.0654. The molecule has 2 heterocycles. The maximum Gasteiger partial charge on any atom is 0.355 e. The summed E-state index contributed by atoms with van der Waals surface area (Å²) in [5.74, 6) is -2.11. The first-order valence-corrected chi connectivity index (χ1v) is 8.02. The Morgan fingerprint density at radius 3 is 2.23 bits per heavy atom. The largest absolute Gasteiger partial charge is 0.462 e. The third-order valence-corrected chi connectivity index (χ3v) is 3.78. The fraction of sp³-hybridized carbons (Fsp3) is 0.333. The normalized spacial score (nSPS) is 10.5. The molecule has 0 aliphatic heterocycles. The number of aromatic nitrogens is 2. The Morgan fingerprint density at radius 1 is 1.00 bits per heavy atom. The van der Waals surface area contributed by atoms with Crippen LogP contribution in [0.1, 0.15) is 66.8 Å². The Hall–Kier alpha value is -3.16. The van der Waals surface area contributed by atoms with Crippen molar-refractivity contribution < 1.29 is 28.7 Å². The molecule has 0 aliphatic rings. The van der Waals surface area contributed by atoms with Gasteiger partial charge in [-0.05, 0) is 33.8 Å². The molecule has 2 aromatic heterocycles. The topological polar surface area (TPSA) is 118 Å². The highest BCUT2D eigenvalue weighted by Gasteiger charge is 2.26. The van der Waals surface area contributed by atoms with E-state index in [4.69, 9.17) is 9.47 Å². The van der Waals surface area contributed by atoms with Crippen molar-refractivity contribution >= 4 is 23.5 Å². The molecule has 0 amide bonds. The Morgan fingerprint density at radius 2 is 1.65 bits per heavy atom. The third kappa shape index (κ3) is 3.90. The molecule has 138 valence electrons. The Bertz CT molecular complexity index is 874. The van der Waals surface area contributed by atoms with E-state index in [1.807, 2.05) is 0 Å². The van der Waals surface area contributed by atoms with Crippen molar-refractivity contribution in [1.82, 2.24) is 9.97 Å². The number of rotatable bonds is 7. The van der Waals surface area contributed by atoms with Crippen LogP contribution >= 0.6 is 0 Å².